The van der Waals surface area contributed by atoms with E-state index in [9.17, 15) is 4.79 Å². The molecular weight excluding hydrogens is 278 g/mol. The topological polar surface area (TPSA) is 96.7 Å². The summed E-state index contributed by atoms with van der Waals surface area (Å²) in [6, 6.07) is 6.91. The number of fused-ring (bicyclic) bond motifs is 1. The monoisotopic (exact) mass is 287 g/mol. The first-order chi connectivity index (χ1) is 9.65. The van der Waals surface area contributed by atoms with Crippen LogP contribution in [0.1, 0.15) is 10.4 Å². The first-order valence-electron chi connectivity index (χ1n) is 5.79. The van der Waals surface area contributed by atoms with E-state index in [2.05, 4.69) is 20.5 Å². The molecule has 2 heterocycles. The van der Waals surface area contributed by atoms with Crippen LogP contribution in [-0.4, -0.2) is 21.1 Å². The Balaban J connectivity index is 1.96. The van der Waals surface area contributed by atoms with Crippen LogP contribution in [-0.2, 0) is 0 Å². The maximum atomic E-state index is 12.2. The third-order valence-electron chi connectivity index (χ3n) is 2.88. The molecule has 0 saturated carbocycles. The van der Waals surface area contributed by atoms with Crippen LogP contribution < -0.4 is 11.1 Å². The molecule has 100 valence electrons. The van der Waals surface area contributed by atoms with Crippen molar-refractivity contribution >= 4 is 39.8 Å². The zero-order chi connectivity index (χ0) is 14.1. The Bertz CT molecular complexity index is 798. The lowest BCUT2D eigenvalue weighted by Gasteiger charge is -2.08. The molecule has 0 spiro atoms. The van der Waals surface area contributed by atoms with Gasteiger partial charge in [0.2, 0.25) is 0 Å². The van der Waals surface area contributed by atoms with Crippen LogP contribution in [0, 0.1) is 0 Å². The molecule has 3 aromatic rings. The molecule has 7 heteroatoms. The van der Waals surface area contributed by atoms with Gasteiger partial charge in [-0.2, -0.15) is 5.10 Å². The first-order valence-corrected chi connectivity index (χ1v) is 6.17. The number of carbonyl (C=O) groups is 1. The Labute approximate surface area is 119 Å². The van der Waals surface area contributed by atoms with Crippen LogP contribution in [0.5, 0.6) is 0 Å². The maximum Gasteiger partial charge on any atom is 0.257 e. The van der Waals surface area contributed by atoms with Crippen molar-refractivity contribution in [3.63, 3.8) is 0 Å². The number of nitrogen functional groups attached to an aromatic ring is 1. The molecule has 0 aliphatic heterocycles. The number of aromatic amines is 1. The Kier molecular flexibility index (Phi) is 3.00. The van der Waals surface area contributed by atoms with Gasteiger partial charge in [-0.3, -0.25) is 9.89 Å². The van der Waals surface area contributed by atoms with Gasteiger partial charge in [-0.15, -0.1) is 0 Å². The fourth-order valence-electron chi connectivity index (χ4n) is 1.90. The van der Waals surface area contributed by atoms with Gasteiger partial charge >= 0.3 is 0 Å². The van der Waals surface area contributed by atoms with Gasteiger partial charge in [0.15, 0.2) is 0 Å². The van der Waals surface area contributed by atoms with E-state index in [4.69, 9.17) is 17.3 Å². The van der Waals surface area contributed by atoms with Crippen LogP contribution in [0.4, 0.5) is 11.4 Å². The van der Waals surface area contributed by atoms with Crippen LogP contribution >= 0.6 is 11.6 Å². The van der Waals surface area contributed by atoms with E-state index in [0.717, 1.165) is 10.9 Å². The molecule has 1 aromatic carbocycles. The number of pyridine rings is 1. The summed E-state index contributed by atoms with van der Waals surface area (Å²) >= 11 is 5.78. The van der Waals surface area contributed by atoms with Gasteiger partial charge in [-0.1, -0.05) is 17.7 Å². The number of carbonyl (C=O) groups excluding carboxylic acids is 1. The summed E-state index contributed by atoms with van der Waals surface area (Å²) in [6.45, 7) is 0. The van der Waals surface area contributed by atoms with Crippen LogP contribution in [0.25, 0.3) is 10.9 Å². The van der Waals surface area contributed by atoms with Gasteiger partial charge < -0.3 is 11.1 Å². The molecule has 0 radical (unpaired) electrons. The number of nitrogens with two attached hydrogens (primary N) is 1. The number of rotatable bonds is 2. The number of hydrogen-bond acceptors (Lipinski definition) is 4. The lowest BCUT2D eigenvalue weighted by molar-refractivity contribution is 0.102. The second-order valence-electron chi connectivity index (χ2n) is 4.19. The number of nitrogens with one attached hydrogen (secondary N) is 2. The minimum absolute atomic E-state index is 0.214. The summed E-state index contributed by atoms with van der Waals surface area (Å²) in [6.07, 6.45) is 3.00. The van der Waals surface area contributed by atoms with Crippen molar-refractivity contribution in [2.45, 2.75) is 0 Å². The molecule has 0 fully saturated rings. The highest BCUT2D eigenvalue weighted by molar-refractivity contribution is 6.30. The molecule has 3 rings (SSSR count). The Morgan fingerprint density at radius 3 is 3.05 bits per heavy atom. The highest BCUT2D eigenvalue weighted by Crippen LogP contribution is 2.23. The molecule has 1 amide bonds. The quantitative estimate of drug-likeness (QED) is 0.631. The van der Waals surface area contributed by atoms with Crippen molar-refractivity contribution in [3.8, 4) is 0 Å². The molecular formula is C13H10ClN5O. The highest BCUT2D eigenvalue weighted by atomic mass is 35.5. The van der Waals surface area contributed by atoms with Gasteiger partial charge in [-0.25, -0.2) is 4.98 Å². The van der Waals surface area contributed by atoms with Crippen LogP contribution in [0.2, 0.25) is 5.15 Å². The van der Waals surface area contributed by atoms with Gasteiger partial charge in [0, 0.05) is 5.39 Å². The van der Waals surface area contributed by atoms with E-state index in [-0.39, 0.29) is 22.3 Å². The molecule has 6 nitrogen and oxygen atoms in total. The smallest absolute Gasteiger partial charge is 0.257 e. The Hall–Kier alpha value is -2.60. The second kappa shape index (κ2) is 4.82. The molecule has 0 bridgehead atoms. The number of aromatic nitrogens is 3. The van der Waals surface area contributed by atoms with Gasteiger partial charge in [-0.05, 0) is 18.2 Å². The average Bonchev–Trinajstić information content (AvgIpc) is 2.91. The van der Waals surface area contributed by atoms with Crippen molar-refractivity contribution in [2.75, 3.05) is 11.1 Å². The number of H-pyrrole nitrogens is 1. The summed E-state index contributed by atoms with van der Waals surface area (Å²) in [5.41, 5.74) is 7.77. The molecule has 0 unspecified atom stereocenters. The van der Waals surface area contributed by atoms with Gasteiger partial charge in [0.1, 0.15) is 5.15 Å². The summed E-state index contributed by atoms with van der Waals surface area (Å²) in [7, 11) is 0. The SMILES string of the molecule is Nc1cnc(Cl)cc1C(=O)Nc1cccc2[nH]ncc12. The van der Waals surface area contributed by atoms with E-state index in [1.807, 2.05) is 12.1 Å². The summed E-state index contributed by atoms with van der Waals surface area (Å²) in [4.78, 5) is 16.1. The summed E-state index contributed by atoms with van der Waals surface area (Å²) in [5, 5.41) is 10.6. The fourth-order valence-corrected chi connectivity index (χ4v) is 2.06. The minimum Gasteiger partial charge on any atom is -0.397 e. The van der Waals surface area contributed by atoms with E-state index in [1.165, 1.54) is 12.3 Å². The predicted molar refractivity (Wildman–Crippen MR) is 77.7 cm³/mol. The summed E-state index contributed by atoms with van der Waals surface area (Å²) in [5.74, 6) is -0.347. The number of nitrogens with zero attached hydrogens (tertiary/aromatic N) is 2. The molecule has 2 aromatic heterocycles. The molecule has 20 heavy (non-hydrogen) atoms. The number of halogens is 1. The molecule has 0 aliphatic rings. The lowest BCUT2D eigenvalue weighted by Crippen LogP contribution is -2.14. The third kappa shape index (κ3) is 2.17. The molecule has 0 aliphatic carbocycles. The molecule has 0 atom stereocenters. The summed E-state index contributed by atoms with van der Waals surface area (Å²) < 4.78 is 0. The van der Waals surface area contributed by atoms with E-state index < -0.39 is 0 Å². The second-order valence-corrected chi connectivity index (χ2v) is 4.57. The normalized spacial score (nSPS) is 10.7. The minimum atomic E-state index is -0.347. The van der Waals surface area contributed by atoms with Crippen molar-refractivity contribution < 1.29 is 4.79 Å². The number of benzene rings is 1. The number of anilines is 2. The van der Waals surface area contributed by atoms with Crippen LogP contribution in [0.15, 0.2) is 36.7 Å². The molecule has 4 N–H and O–H groups in total. The van der Waals surface area contributed by atoms with Gasteiger partial charge in [0.05, 0.1) is 34.8 Å². The Morgan fingerprint density at radius 1 is 1.35 bits per heavy atom. The Morgan fingerprint density at radius 2 is 2.20 bits per heavy atom. The standard InChI is InChI=1S/C13H10ClN5O/c14-12-4-7(9(15)6-16-12)13(20)18-10-2-1-3-11-8(10)5-17-19-11/h1-6H,15H2,(H,17,19)(H,18,20). The predicted octanol–water partition coefficient (Wildman–Crippen LogP) is 2.45. The third-order valence-corrected chi connectivity index (χ3v) is 3.09. The zero-order valence-corrected chi connectivity index (χ0v) is 11.0. The molecule has 0 saturated heterocycles. The van der Waals surface area contributed by atoms with E-state index in [0.29, 0.717) is 5.69 Å². The maximum absolute atomic E-state index is 12.2. The van der Waals surface area contributed by atoms with Crippen molar-refractivity contribution in [1.29, 1.82) is 0 Å². The van der Waals surface area contributed by atoms with E-state index >= 15 is 0 Å². The van der Waals surface area contributed by atoms with Crippen molar-refractivity contribution in [3.05, 3.63) is 47.4 Å². The lowest BCUT2D eigenvalue weighted by atomic mass is 10.2. The zero-order valence-electron chi connectivity index (χ0n) is 10.2. The van der Waals surface area contributed by atoms with E-state index in [1.54, 1.807) is 12.3 Å². The van der Waals surface area contributed by atoms with Crippen molar-refractivity contribution in [2.24, 2.45) is 0 Å². The highest BCUT2D eigenvalue weighted by Gasteiger charge is 2.13. The fraction of sp³-hybridized carbons (Fsp3) is 0. The largest absolute Gasteiger partial charge is 0.397 e. The first kappa shape index (κ1) is 12.4. The number of hydrogen-bond donors (Lipinski definition) is 3. The van der Waals surface area contributed by atoms with Gasteiger partial charge in [0.25, 0.3) is 5.91 Å². The number of amides is 1. The van der Waals surface area contributed by atoms with Crippen molar-refractivity contribution in [1.82, 2.24) is 15.2 Å². The van der Waals surface area contributed by atoms with Crippen LogP contribution in [0.3, 0.4) is 0 Å². The average molecular weight is 288 g/mol.